The Balaban J connectivity index is 2.28. The molecule has 0 fully saturated rings. The molecule has 0 aliphatic rings. The predicted octanol–water partition coefficient (Wildman–Crippen LogP) is 1.76. The summed E-state index contributed by atoms with van der Waals surface area (Å²) in [5.41, 5.74) is 0.541. The highest BCUT2D eigenvalue weighted by Gasteiger charge is 2.14. The molecule has 0 atom stereocenters. The molecule has 1 aromatic carbocycles. The molecule has 6 nitrogen and oxygen atoms in total. The number of nitrogens with zero attached hydrogens (tertiary/aromatic N) is 2. The zero-order chi connectivity index (χ0) is 14.6. The van der Waals surface area contributed by atoms with Crippen LogP contribution in [0.25, 0.3) is 0 Å². The van der Waals surface area contributed by atoms with E-state index in [-0.39, 0.29) is 10.6 Å². The number of aromatic nitrogens is 1. The van der Waals surface area contributed by atoms with Crippen molar-refractivity contribution < 1.29 is 13.2 Å². The minimum absolute atomic E-state index is 0.0145. The van der Waals surface area contributed by atoms with Crippen LogP contribution in [-0.2, 0) is 10.0 Å². The minimum Gasteiger partial charge on any atom is -0.497 e. The molecule has 0 amide bonds. The first kappa shape index (κ1) is 13.8. The fourth-order valence-corrected chi connectivity index (χ4v) is 2.50. The van der Waals surface area contributed by atoms with Crippen molar-refractivity contribution in [3.63, 3.8) is 0 Å². The van der Waals surface area contributed by atoms with Gasteiger partial charge < -0.3 is 4.74 Å². The largest absolute Gasteiger partial charge is 0.497 e. The second-order valence-electron chi connectivity index (χ2n) is 3.83. The lowest BCUT2D eigenvalue weighted by molar-refractivity contribution is 0.415. The summed E-state index contributed by atoms with van der Waals surface area (Å²) in [7, 11) is -2.24. The lowest BCUT2D eigenvalue weighted by atomic mass is 10.3. The van der Waals surface area contributed by atoms with Gasteiger partial charge in [-0.05, 0) is 24.3 Å². The summed E-state index contributed by atoms with van der Waals surface area (Å²) in [5.74, 6) is 0.545. The van der Waals surface area contributed by atoms with E-state index in [2.05, 4.69) is 9.71 Å². The zero-order valence-electron chi connectivity index (χ0n) is 10.6. The van der Waals surface area contributed by atoms with Gasteiger partial charge in [-0.3, -0.25) is 4.72 Å². The molecule has 2 rings (SSSR count). The molecule has 7 heteroatoms. The quantitative estimate of drug-likeness (QED) is 0.926. The number of sulfonamides is 1. The summed E-state index contributed by atoms with van der Waals surface area (Å²) in [4.78, 5) is 3.72. The topological polar surface area (TPSA) is 92.1 Å². The Labute approximate surface area is 116 Å². The van der Waals surface area contributed by atoms with Gasteiger partial charge in [0.2, 0.25) is 0 Å². The third-order valence-corrected chi connectivity index (χ3v) is 3.85. The number of ether oxygens (including phenoxy) is 1. The lowest BCUT2D eigenvalue weighted by Crippen LogP contribution is -2.13. The Kier molecular flexibility index (Phi) is 3.86. The molecular formula is C13H11N3O3S. The molecule has 1 aromatic heterocycles. The van der Waals surface area contributed by atoms with Gasteiger partial charge in [-0.25, -0.2) is 13.4 Å². The number of rotatable bonds is 4. The molecule has 1 N–H and O–H groups in total. The van der Waals surface area contributed by atoms with Crippen molar-refractivity contribution in [3.05, 3.63) is 48.3 Å². The van der Waals surface area contributed by atoms with Crippen LogP contribution in [0.4, 0.5) is 5.69 Å². The van der Waals surface area contributed by atoms with Gasteiger partial charge in [-0.15, -0.1) is 0 Å². The van der Waals surface area contributed by atoms with Crippen LogP contribution in [0.15, 0.2) is 47.5 Å². The summed E-state index contributed by atoms with van der Waals surface area (Å²) in [6.45, 7) is 0. The maximum atomic E-state index is 12.1. The molecule has 102 valence electrons. The summed E-state index contributed by atoms with van der Waals surface area (Å²) in [5, 5.41) is 8.63. The highest BCUT2D eigenvalue weighted by Crippen LogP contribution is 2.20. The first-order valence-electron chi connectivity index (χ1n) is 5.58. The number of benzene rings is 1. The second-order valence-corrected chi connectivity index (χ2v) is 5.51. The van der Waals surface area contributed by atoms with Crippen LogP contribution < -0.4 is 9.46 Å². The number of methoxy groups -OCH3 is 1. The van der Waals surface area contributed by atoms with Crippen molar-refractivity contribution in [3.8, 4) is 11.8 Å². The van der Waals surface area contributed by atoms with Crippen molar-refractivity contribution >= 4 is 15.7 Å². The van der Waals surface area contributed by atoms with E-state index < -0.39 is 10.0 Å². The smallest absolute Gasteiger partial charge is 0.263 e. The highest BCUT2D eigenvalue weighted by molar-refractivity contribution is 7.92. The van der Waals surface area contributed by atoms with Gasteiger partial charge in [0.1, 0.15) is 22.4 Å². The third-order valence-electron chi connectivity index (χ3n) is 2.48. The van der Waals surface area contributed by atoms with Crippen molar-refractivity contribution in [2.75, 3.05) is 11.8 Å². The monoisotopic (exact) mass is 289 g/mol. The molecule has 0 aliphatic heterocycles. The number of hydrogen-bond acceptors (Lipinski definition) is 5. The van der Waals surface area contributed by atoms with Crippen LogP contribution in [0.3, 0.4) is 0 Å². The van der Waals surface area contributed by atoms with Gasteiger partial charge >= 0.3 is 0 Å². The number of hydrogen-bond donors (Lipinski definition) is 1. The van der Waals surface area contributed by atoms with Gasteiger partial charge in [0, 0.05) is 12.3 Å². The van der Waals surface area contributed by atoms with Crippen molar-refractivity contribution in [1.82, 2.24) is 4.98 Å². The first-order valence-corrected chi connectivity index (χ1v) is 7.06. The fraction of sp³-hybridized carbons (Fsp3) is 0.0769. The van der Waals surface area contributed by atoms with E-state index >= 15 is 0 Å². The Bertz CT molecular complexity index is 749. The molecule has 20 heavy (non-hydrogen) atoms. The molecule has 0 saturated heterocycles. The van der Waals surface area contributed by atoms with Crippen LogP contribution in [0, 0.1) is 11.3 Å². The molecule has 2 aromatic rings. The van der Waals surface area contributed by atoms with E-state index in [4.69, 9.17) is 10.00 Å². The number of pyridine rings is 1. The number of nitrogens with one attached hydrogen (secondary N) is 1. The summed E-state index contributed by atoms with van der Waals surface area (Å²) in [6, 6.07) is 11.1. The maximum Gasteiger partial charge on any atom is 0.263 e. The molecule has 0 radical (unpaired) electrons. The standard InChI is InChI=1S/C13H11N3O3S/c1-19-12-4-2-3-10(7-12)16-20(17,18)13-6-5-11(8-14)15-9-13/h2-7,9,16H,1H3. The van der Waals surface area contributed by atoms with Gasteiger partial charge in [0.25, 0.3) is 10.0 Å². The number of nitriles is 1. The van der Waals surface area contributed by atoms with Crippen LogP contribution in [-0.4, -0.2) is 20.5 Å². The van der Waals surface area contributed by atoms with E-state index in [1.807, 2.05) is 6.07 Å². The summed E-state index contributed by atoms with van der Waals surface area (Å²) >= 11 is 0. The Morgan fingerprint density at radius 2 is 2.10 bits per heavy atom. The van der Waals surface area contributed by atoms with Crippen molar-refractivity contribution in [2.45, 2.75) is 4.90 Å². The van der Waals surface area contributed by atoms with Crippen molar-refractivity contribution in [1.29, 1.82) is 5.26 Å². The molecule has 1 heterocycles. The van der Waals surface area contributed by atoms with E-state index in [9.17, 15) is 8.42 Å². The maximum absolute atomic E-state index is 12.1. The van der Waals surface area contributed by atoms with E-state index in [1.165, 1.54) is 19.2 Å². The molecule has 0 aliphatic carbocycles. The van der Waals surface area contributed by atoms with E-state index in [0.717, 1.165) is 6.20 Å². The second kappa shape index (κ2) is 5.59. The summed E-state index contributed by atoms with van der Waals surface area (Å²) < 4.78 is 31.7. The normalized spacial score (nSPS) is 10.6. The molecule has 0 saturated carbocycles. The predicted molar refractivity (Wildman–Crippen MR) is 72.8 cm³/mol. The van der Waals surface area contributed by atoms with Crippen LogP contribution in [0.2, 0.25) is 0 Å². The lowest BCUT2D eigenvalue weighted by Gasteiger charge is -2.08. The highest BCUT2D eigenvalue weighted by atomic mass is 32.2. The molecular weight excluding hydrogens is 278 g/mol. The Morgan fingerprint density at radius 1 is 1.30 bits per heavy atom. The Morgan fingerprint density at radius 3 is 2.70 bits per heavy atom. The van der Waals surface area contributed by atoms with Crippen LogP contribution in [0.5, 0.6) is 5.75 Å². The van der Waals surface area contributed by atoms with Gasteiger partial charge in [0.05, 0.1) is 12.8 Å². The van der Waals surface area contributed by atoms with Crippen LogP contribution in [0.1, 0.15) is 5.69 Å². The minimum atomic E-state index is -3.74. The zero-order valence-corrected chi connectivity index (χ0v) is 11.4. The Hall–Kier alpha value is -2.59. The fourth-order valence-electron chi connectivity index (χ4n) is 1.51. The average Bonchev–Trinajstić information content (AvgIpc) is 2.47. The molecule has 0 unspecified atom stereocenters. The third kappa shape index (κ3) is 3.05. The van der Waals surface area contributed by atoms with Gasteiger partial charge in [0.15, 0.2) is 0 Å². The molecule has 0 spiro atoms. The summed E-state index contributed by atoms with van der Waals surface area (Å²) in [6.07, 6.45) is 1.14. The molecule has 0 bridgehead atoms. The van der Waals surface area contributed by atoms with Crippen LogP contribution >= 0.6 is 0 Å². The van der Waals surface area contributed by atoms with E-state index in [0.29, 0.717) is 11.4 Å². The van der Waals surface area contributed by atoms with Crippen molar-refractivity contribution in [2.24, 2.45) is 0 Å². The van der Waals surface area contributed by atoms with E-state index in [1.54, 1.807) is 24.3 Å². The van der Waals surface area contributed by atoms with Gasteiger partial charge in [-0.2, -0.15) is 5.26 Å². The SMILES string of the molecule is COc1cccc(NS(=O)(=O)c2ccc(C#N)nc2)c1. The first-order chi connectivity index (χ1) is 9.55. The number of anilines is 1. The van der Waals surface area contributed by atoms with Gasteiger partial charge in [-0.1, -0.05) is 6.07 Å². The average molecular weight is 289 g/mol.